The van der Waals surface area contributed by atoms with Gasteiger partial charge in [0.2, 0.25) is 0 Å². The first-order valence-electron chi connectivity index (χ1n) is 5.53. The fourth-order valence-corrected chi connectivity index (χ4v) is 2.21. The maximum absolute atomic E-state index is 12.0. The highest BCUT2D eigenvalue weighted by atomic mass is 32.2. The summed E-state index contributed by atoms with van der Waals surface area (Å²) in [5.41, 5.74) is -3.12. The van der Waals surface area contributed by atoms with Gasteiger partial charge in [0, 0.05) is 30.2 Å². The van der Waals surface area contributed by atoms with E-state index in [2.05, 4.69) is 5.32 Å². The van der Waals surface area contributed by atoms with Gasteiger partial charge in [-0.3, -0.25) is 0 Å². The Bertz CT molecular complexity index is 336. The number of halogens is 3. The molecule has 1 N–H and O–H groups in total. The lowest BCUT2D eigenvalue weighted by molar-refractivity contribution is -0.0328. The summed E-state index contributed by atoms with van der Waals surface area (Å²) in [5, 5.41) is 3.25. The van der Waals surface area contributed by atoms with Crippen molar-refractivity contribution in [1.82, 2.24) is 9.88 Å². The number of hydrogen-bond donors (Lipinski definition) is 1. The van der Waals surface area contributed by atoms with Gasteiger partial charge in [-0.15, -0.1) is 0 Å². The summed E-state index contributed by atoms with van der Waals surface area (Å²) >= 11 is 0.0243. The lowest BCUT2D eigenvalue weighted by atomic mass is 10.2. The van der Waals surface area contributed by atoms with Crippen LogP contribution in [0.3, 0.4) is 0 Å². The Hall–Kier alpha value is -0.620. The number of aryl methyl sites for hydroxylation is 1. The number of hydrogen-bond acceptors (Lipinski definition) is 2. The van der Waals surface area contributed by atoms with Crippen molar-refractivity contribution >= 4 is 11.8 Å². The van der Waals surface area contributed by atoms with Gasteiger partial charge in [-0.2, -0.15) is 13.2 Å². The molecular weight excluding hydrogens is 249 g/mol. The summed E-state index contributed by atoms with van der Waals surface area (Å²) in [7, 11) is 0. The van der Waals surface area contributed by atoms with Crippen LogP contribution in [0.15, 0.2) is 18.3 Å². The van der Waals surface area contributed by atoms with Crippen LogP contribution in [-0.4, -0.2) is 22.4 Å². The second kappa shape index (κ2) is 6.35. The van der Waals surface area contributed by atoms with Crippen molar-refractivity contribution in [2.24, 2.45) is 0 Å². The molecule has 2 nitrogen and oxygen atoms in total. The molecule has 0 aromatic carbocycles. The molecule has 0 saturated heterocycles. The van der Waals surface area contributed by atoms with Gasteiger partial charge in [0.25, 0.3) is 0 Å². The molecule has 0 aliphatic rings. The molecule has 0 saturated carbocycles. The largest absolute Gasteiger partial charge is 0.441 e. The van der Waals surface area contributed by atoms with Gasteiger partial charge in [-0.25, -0.2) is 0 Å². The minimum absolute atomic E-state index is 0.0243. The standard InChI is InChI=1S/C11H17F3N2S/c1-3-15-9(2)10-5-4-6-16(10)7-8-17-11(12,13)14/h4-6,9,15H,3,7-8H2,1-2H3. The Morgan fingerprint density at radius 3 is 2.76 bits per heavy atom. The first-order chi connectivity index (χ1) is 7.94. The highest BCUT2D eigenvalue weighted by molar-refractivity contribution is 8.00. The molecule has 1 unspecified atom stereocenters. The van der Waals surface area contributed by atoms with Crippen molar-refractivity contribution < 1.29 is 13.2 Å². The average molecular weight is 266 g/mol. The van der Waals surface area contributed by atoms with Crippen molar-refractivity contribution in [3.8, 4) is 0 Å². The van der Waals surface area contributed by atoms with Gasteiger partial charge in [-0.05, 0) is 37.4 Å². The van der Waals surface area contributed by atoms with Crippen molar-refractivity contribution in [3.63, 3.8) is 0 Å². The summed E-state index contributed by atoms with van der Waals surface area (Å²) in [6.45, 7) is 5.22. The molecule has 1 aromatic heterocycles. The van der Waals surface area contributed by atoms with Crippen LogP contribution < -0.4 is 5.32 Å². The quantitative estimate of drug-likeness (QED) is 0.849. The van der Waals surface area contributed by atoms with Crippen LogP contribution in [0.1, 0.15) is 25.6 Å². The SMILES string of the molecule is CCNC(C)c1cccn1CCSC(F)(F)F. The molecule has 0 radical (unpaired) electrons. The van der Waals surface area contributed by atoms with Crippen molar-refractivity contribution in [3.05, 3.63) is 24.0 Å². The lowest BCUT2D eigenvalue weighted by Crippen LogP contribution is -2.21. The number of nitrogens with zero attached hydrogens (tertiary/aromatic N) is 1. The molecule has 0 amide bonds. The minimum atomic E-state index is -4.14. The summed E-state index contributed by atoms with van der Waals surface area (Å²) in [6, 6.07) is 3.96. The molecule has 1 atom stereocenters. The van der Waals surface area contributed by atoms with E-state index in [1.807, 2.05) is 36.7 Å². The van der Waals surface area contributed by atoms with E-state index >= 15 is 0 Å². The highest BCUT2D eigenvalue weighted by Gasteiger charge is 2.27. The second-order valence-electron chi connectivity index (χ2n) is 3.70. The maximum Gasteiger partial charge on any atom is 0.441 e. The number of aromatic nitrogens is 1. The van der Waals surface area contributed by atoms with Crippen LogP contribution in [-0.2, 0) is 6.54 Å². The van der Waals surface area contributed by atoms with Gasteiger partial charge in [0.1, 0.15) is 0 Å². The number of rotatable bonds is 6. The number of thioether (sulfide) groups is 1. The average Bonchev–Trinajstić information content (AvgIpc) is 2.64. The Kier molecular flexibility index (Phi) is 5.39. The molecule has 1 heterocycles. The third-order valence-electron chi connectivity index (χ3n) is 2.42. The van der Waals surface area contributed by atoms with Crippen molar-refractivity contribution in [2.45, 2.75) is 31.9 Å². The molecular formula is C11H17F3N2S. The molecule has 98 valence electrons. The third-order valence-corrected chi connectivity index (χ3v) is 3.13. The fourth-order valence-electron chi connectivity index (χ4n) is 1.69. The number of nitrogens with one attached hydrogen (secondary N) is 1. The fraction of sp³-hybridized carbons (Fsp3) is 0.636. The zero-order valence-electron chi connectivity index (χ0n) is 9.92. The van der Waals surface area contributed by atoms with Gasteiger partial charge in [-0.1, -0.05) is 6.92 Å². The van der Waals surface area contributed by atoms with Crippen molar-refractivity contribution in [1.29, 1.82) is 0 Å². The third kappa shape index (κ3) is 5.04. The van der Waals surface area contributed by atoms with Crippen molar-refractivity contribution in [2.75, 3.05) is 12.3 Å². The zero-order valence-corrected chi connectivity index (χ0v) is 10.7. The van der Waals surface area contributed by atoms with Gasteiger partial charge in [0.15, 0.2) is 0 Å². The number of alkyl halides is 3. The zero-order chi connectivity index (χ0) is 12.9. The Balaban J connectivity index is 2.51. The van der Waals surface area contributed by atoms with E-state index in [4.69, 9.17) is 0 Å². The van der Waals surface area contributed by atoms with E-state index in [1.165, 1.54) is 0 Å². The molecule has 0 spiro atoms. The Labute approximate surface area is 104 Å². The van der Waals surface area contributed by atoms with E-state index in [1.54, 1.807) is 0 Å². The smallest absolute Gasteiger partial charge is 0.349 e. The lowest BCUT2D eigenvalue weighted by Gasteiger charge is -2.16. The van der Waals surface area contributed by atoms with Crippen LogP contribution in [0.5, 0.6) is 0 Å². The Morgan fingerprint density at radius 1 is 1.47 bits per heavy atom. The highest BCUT2D eigenvalue weighted by Crippen LogP contribution is 2.30. The molecule has 6 heteroatoms. The molecule has 1 rings (SSSR count). The van der Waals surface area contributed by atoms with Crippen LogP contribution >= 0.6 is 11.8 Å². The molecule has 17 heavy (non-hydrogen) atoms. The summed E-state index contributed by atoms with van der Waals surface area (Å²) in [4.78, 5) is 0. The van der Waals surface area contributed by atoms with Crippen LogP contribution in [0, 0.1) is 0 Å². The summed E-state index contributed by atoms with van der Waals surface area (Å²) < 4.78 is 37.9. The van der Waals surface area contributed by atoms with Gasteiger partial charge in [0.05, 0.1) is 0 Å². The minimum Gasteiger partial charge on any atom is -0.349 e. The summed E-state index contributed by atoms with van der Waals surface area (Å²) in [5.74, 6) is 0.0457. The predicted octanol–water partition coefficient (Wildman–Crippen LogP) is 3.41. The topological polar surface area (TPSA) is 17.0 Å². The van der Waals surface area contributed by atoms with E-state index in [0.717, 1.165) is 12.2 Å². The first kappa shape index (κ1) is 14.4. The molecule has 0 aliphatic carbocycles. The molecule has 0 bridgehead atoms. The Morgan fingerprint density at radius 2 is 2.18 bits per heavy atom. The van der Waals surface area contributed by atoms with Crippen LogP contribution in [0.25, 0.3) is 0 Å². The van der Waals surface area contributed by atoms with E-state index < -0.39 is 5.51 Å². The van der Waals surface area contributed by atoms with E-state index in [0.29, 0.717) is 6.54 Å². The second-order valence-corrected chi connectivity index (χ2v) is 4.86. The molecule has 0 fully saturated rings. The first-order valence-corrected chi connectivity index (χ1v) is 6.51. The van der Waals surface area contributed by atoms with E-state index in [9.17, 15) is 13.2 Å². The predicted molar refractivity (Wildman–Crippen MR) is 65.0 cm³/mol. The van der Waals surface area contributed by atoms with Crippen LogP contribution in [0.4, 0.5) is 13.2 Å². The van der Waals surface area contributed by atoms with Crippen LogP contribution in [0.2, 0.25) is 0 Å². The maximum atomic E-state index is 12.0. The monoisotopic (exact) mass is 266 g/mol. The molecule has 0 aliphatic heterocycles. The van der Waals surface area contributed by atoms with Gasteiger partial charge >= 0.3 is 5.51 Å². The summed E-state index contributed by atoms with van der Waals surface area (Å²) in [6.07, 6.45) is 1.82. The normalized spacial score (nSPS) is 13.9. The molecule has 1 aromatic rings. The van der Waals surface area contributed by atoms with Gasteiger partial charge < -0.3 is 9.88 Å². The van der Waals surface area contributed by atoms with E-state index in [-0.39, 0.29) is 23.6 Å².